The van der Waals surface area contributed by atoms with Gasteiger partial charge in [-0.15, -0.1) is 0 Å². The van der Waals surface area contributed by atoms with E-state index in [1.807, 2.05) is 36.4 Å². The Morgan fingerprint density at radius 2 is 1.68 bits per heavy atom. The van der Waals surface area contributed by atoms with Crippen LogP contribution in [0.3, 0.4) is 0 Å². The fourth-order valence-electron chi connectivity index (χ4n) is 3.65. The SMILES string of the molecule is CCCOCc1ccccc1CNC(=O)CN1CCN(c2ccc(C(N)=O)cc2)CC1. The van der Waals surface area contributed by atoms with Crippen LogP contribution in [0.2, 0.25) is 0 Å². The fourth-order valence-corrected chi connectivity index (χ4v) is 3.65. The van der Waals surface area contributed by atoms with Gasteiger partial charge in [-0.05, 0) is 41.8 Å². The minimum Gasteiger partial charge on any atom is -0.377 e. The zero-order chi connectivity index (χ0) is 22.1. The van der Waals surface area contributed by atoms with E-state index in [4.69, 9.17) is 10.5 Å². The molecule has 2 amide bonds. The lowest BCUT2D eigenvalue weighted by molar-refractivity contribution is -0.122. The highest BCUT2D eigenvalue weighted by molar-refractivity contribution is 5.93. The second-order valence-electron chi connectivity index (χ2n) is 7.77. The molecule has 1 aliphatic heterocycles. The Balaban J connectivity index is 1.43. The van der Waals surface area contributed by atoms with Crippen LogP contribution in [0.5, 0.6) is 0 Å². The topological polar surface area (TPSA) is 87.9 Å². The molecule has 0 saturated carbocycles. The van der Waals surface area contributed by atoms with Gasteiger partial charge in [-0.25, -0.2) is 0 Å². The molecule has 1 aliphatic rings. The third kappa shape index (κ3) is 6.80. The summed E-state index contributed by atoms with van der Waals surface area (Å²) in [5.74, 6) is -0.387. The highest BCUT2D eigenvalue weighted by Gasteiger charge is 2.19. The van der Waals surface area contributed by atoms with E-state index in [0.29, 0.717) is 25.3 Å². The molecule has 1 saturated heterocycles. The quantitative estimate of drug-likeness (QED) is 0.571. The molecule has 0 atom stereocenters. The molecule has 7 nitrogen and oxygen atoms in total. The summed E-state index contributed by atoms with van der Waals surface area (Å²) in [6, 6.07) is 15.4. The first-order valence-electron chi connectivity index (χ1n) is 10.8. The Kier molecular flexibility index (Phi) is 8.44. The van der Waals surface area contributed by atoms with Crippen LogP contribution in [-0.4, -0.2) is 56.0 Å². The van der Waals surface area contributed by atoms with E-state index in [0.717, 1.165) is 56.0 Å². The standard InChI is InChI=1S/C24H32N4O3/c1-2-15-31-18-21-6-4-3-5-20(21)16-26-23(29)17-27-11-13-28(14-12-27)22-9-7-19(8-10-22)24(25)30/h3-10H,2,11-18H2,1H3,(H2,25,30)(H,26,29). The number of amides is 2. The predicted octanol–water partition coefficient (Wildman–Crippen LogP) is 2.15. The number of primary amides is 1. The van der Waals surface area contributed by atoms with Crippen LogP contribution in [0.25, 0.3) is 0 Å². The number of hydrogen-bond acceptors (Lipinski definition) is 5. The number of hydrogen-bond donors (Lipinski definition) is 2. The molecule has 2 aromatic rings. The number of ether oxygens (including phenoxy) is 1. The van der Waals surface area contributed by atoms with Crippen LogP contribution in [0.15, 0.2) is 48.5 Å². The highest BCUT2D eigenvalue weighted by atomic mass is 16.5. The van der Waals surface area contributed by atoms with Gasteiger partial charge in [-0.1, -0.05) is 31.2 Å². The van der Waals surface area contributed by atoms with Crippen molar-refractivity contribution in [2.24, 2.45) is 5.73 Å². The van der Waals surface area contributed by atoms with Crippen LogP contribution in [0, 0.1) is 0 Å². The maximum atomic E-state index is 12.5. The van der Waals surface area contributed by atoms with E-state index in [1.165, 1.54) is 0 Å². The molecule has 0 radical (unpaired) electrons. The lowest BCUT2D eigenvalue weighted by Gasteiger charge is -2.35. The maximum Gasteiger partial charge on any atom is 0.248 e. The van der Waals surface area contributed by atoms with Gasteiger partial charge in [0.2, 0.25) is 11.8 Å². The van der Waals surface area contributed by atoms with Crippen molar-refractivity contribution in [2.75, 3.05) is 44.2 Å². The van der Waals surface area contributed by atoms with Gasteiger partial charge in [0.25, 0.3) is 0 Å². The molecule has 3 rings (SSSR count). The van der Waals surface area contributed by atoms with Crippen LogP contribution < -0.4 is 16.0 Å². The van der Waals surface area contributed by atoms with Gasteiger partial charge in [-0.2, -0.15) is 0 Å². The van der Waals surface area contributed by atoms with E-state index in [9.17, 15) is 9.59 Å². The first kappa shape index (κ1) is 22.8. The summed E-state index contributed by atoms with van der Waals surface area (Å²) < 4.78 is 5.65. The number of piperazine rings is 1. The monoisotopic (exact) mass is 424 g/mol. The fraction of sp³-hybridized carbons (Fsp3) is 0.417. The van der Waals surface area contributed by atoms with Crippen molar-refractivity contribution in [3.05, 3.63) is 65.2 Å². The number of nitrogens with zero attached hydrogens (tertiary/aromatic N) is 2. The van der Waals surface area contributed by atoms with Crippen molar-refractivity contribution in [1.82, 2.24) is 10.2 Å². The zero-order valence-electron chi connectivity index (χ0n) is 18.2. The van der Waals surface area contributed by atoms with Crippen molar-refractivity contribution in [1.29, 1.82) is 0 Å². The van der Waals surface area contributed by atoms with Gasteiger partial charge in [-0.3, -0.25) is 14.5 Å². The van der Waals surface area contributed by atoms with E-state index in [2.05, 4.69) is 22.0 Å². The normalized spacial score (nSPS) is 14.4. The van der Waals surface area contributed by atoms with Gasteiger partial charge in [0.15, 0.2) is 0 Å². The molecule has 166 valence electrons. The molecule has 1 fully saturated rings. The predicted molar refractivity (Wildman–Crippen MR) is 122 cm³/mol. The second-order valence-corrected chi connectivity index (χ2v) is 7.77. The Morgan fingerprint density at radius 1 is 1.00 bits per heavy atom. The molecule has 0 bridgehead atoms. The average molecular weight is 425 g/mol. The first-order valence-corrected chi connectivity index (χ1v) is 10.8. The third-order valence-corrected chi connectivity index (χ3v) is 5.46. The zero-order valence-corrected chi connectivity index (χ0v) is 18.2. The number of anilines is 1. The summed E-state index contributed by atoms with van der Waals surface area (Å²) in [6.07, 6.45) is 0.991. The Hall–Kier alpha value is -2.90. The van der Waals surface area contributed by atoms with Crippen LogP contribution in [-0.2, 0) is 22.7 Å². The largest absolute Gasteiger partial charge is 0.377 e. The number of benzene rings is 2. The summed E-state index contributed by atoms with van der Waals surface area (Å²) in [5.41, 5.74) is 9.09. The van der Waals surface area contributed by atoms with E-state index < -0.39 is 5.91 Å². The molecular weight excluding hydrogens is 392 g/mol. The lowest BCUT2D eigenvalue weighted by atomic mass is 10.1. The molecule has 7 heteroatoms. The smallest absolute Gasteiger partial charge is 0.248 e. The Labute approximate surface area is 184 Å². The van der Waals surface area contributed by atoms with Gasteiger partial charge >= 0.3 is 0 Å². The molecule has 2 aromatic carbocycles. The second kappa shape index (κ2) is 11.5. The van der Waals surface area contributed by atoms with Crippen molar-refractivity contribution in [3.8, 4) is 0 Å². The highest BCUT2D eigenvalue weighted by Crippen LogP contribution is 2.17. The van der Waals surface area contributed by atoms with Crippen LogP contribution >= 0.6 is 0 Å². The summed E-state index contributed by atoms with van der Waals surface area (Å²) >= 11 is 0. The Morgan fingerprint density at radius 3 is 2.32 bits per heavy atom. The van der Waals surface area contributed by atoms with Crippen molar-refractivity contribution >= 4 is 17.5 Å². The van der Waals surface area contributed by atoms with E-state index in [-0.39, 0.29) is 5.91 Å². The summed E-state index contributed by atoms with van der Waals surface area (Å²) in [4.78, 5) is 28.1. The first-order chi connectivity index (χ1) is 15.1. The molecule has 31 heavy (non-hydrogen) atoms. The van der Waals surface area contributed by atoms with Gasteiger partial charge < -0.3 is 20.7 Å². The van der Waals surface area contributed by atoms with Crippen LogP contribution in [0.1, 0.15) is 34.8 Å². The lowest BCUT2D eigenvalue weighted by Crippen LogP contribution is -2.49. The van der Waals surface area contributed by atoms with E-state index in [1.54, 1.807) is 12.1 Å². The van der Waals surface area contributed by atoms with E-state index >= 15 is 0 Å². The molecule has 1 heterocycles. The number of carbonyl (C=O) groups is 2. The molecule has 0 unspecified atom stereocenters. The third-order valence-electron chi connectivity index (χ3n) is 5.46. The van der Waals surface area contributed by atoms with Crippen molar-refractivity contribution in [3.63, 3.8) is 0 Å². The summed E-state index contributed by atoms with van der Waals surface area (Å²) in [7, 11) is 0. The molecule has 0 spiro atoms. The van der Waals surface area contributed by atoms with Gasteiger partial charge in [0.1, 0.15) is 0 Å². The molecule has 0 aliphatic carbocycles. The van der Waals surface area contributed by atoms with Crippen molar-refractivity contribution < 1.29 is 14.3 Å². The van der Waals surface area contributed by atoms with Crippen molar-refractivity contribution in [2.45, 2.75) is 26.5 Å². The number of carbonyl (C=O) groups excluding carboxylic acids is 2. The van der Waals surface area contributed by atoms with Crippen LogP contribution in [0.4, 0.5) is 5.69 Å². The minimum atomic E-state index is -0.418. The summed E-state index contributed by atoms with van der Waals surface area (Å²) in [6.45, 7) is 7.59. The molecular formula is C24H32N4O3. The Bertz CT molecular complexity index is 861. The number of nitrogens with one attached hydrogen (secondary N) is 1. The minimum absolute atomic E-state index is 0.0311. The average Bonchev–Trinajstić information content (AvgIpc) is 2.79. The number of rotatable bonds is 10. The molecule has 0 aromatic heterocycles. The molecule has 3 N–H and O–H groups in total. The number of nitrogens with two attached hydrogens (primary N) is 1. The maximum absolute atomic E-state index is 12.5. The van der Waals surface area contributed by atoms with Gasteiger partial charge in [0, 0.05) is 50.6 Å². The van der Waals surface area contributed by atoms with Gasteiger partial charge in [0.05, 0.1) is 13.2 Å². The summed E-state index contributed by atoms with van der Waals surface area (Å²) in [5, 5.41) is 3.04.